The van der Waals surface area contributed by atoms with Crippen molar-refractivity contribution in [3.8, 4) is 0 Å². The Morgan fingerprint density at radius 3 is 2.89 bits per heavy atom. The Morgan fingerprint density at radius 2 is 2.28 bits per heavy atom. The van der Waals surface area contributed by atoms with Gasteiger partial charge in [-0.25, -0.2) is 4.79 Å². The van der Waals surface area contributed by atoms with E-state index in [-0.39, 0.29) is 0 Å². The van der Waals surface area contributed by atoms with E-state index in [1.165, 1.54) is 0 Å². The molecule has 0 spiro atoms. The maximum atomic E-state index is 11.6. The molecule has 1 fully saturated rings. The Balaban J connectivity index is 2.23. The van der Waals surface area contributed by atoms with E-state index in [9.17, 15) is 9.90 Å². The lowest BCUT2D eigenvalue weighted by atomic mass is 9.76. The van der Waals surface area contributed by atoms with E-state index in [1.54, 1.807) is 0 Å². The summed E-state index contributed by atoms with van der Waals surface area (Å²) in [6.07, 6.45) is 3.52. The molecule has 2 rings (SSSR count). The molecule has 0 aromatic heterocycles. The molecule has 1 aromatic rings. The van der Waals surface area contributed by atoms with E-state index >= 15 is 0 Å². The van der Waals surface area contributed by atoms with Crippen LogP contribution in [0.3, 0.4) is 0 Å². The van der Waals surface area contributed by atoms with Gasteiger partial charge in [-0.2, -0.15) is 0 Å². The van der Waals surface area contributed by atoms with Crippen molar-refractivity contribution >= 4 is 11.7 Å². The van der Waals surface area contributed by atoms with E-state index in [2.05, 4.69) is 12.2 Å². The molecule has 2 unspecified atom stereocenters. The molecule has 0 saturated heterocycles. The summed E-state index contributed by atoms with van der Waals surface area (Å²) < 4.78 is 0. The van der Waals surface area contributed by atoms with Gasteiger partial charge in [0.1, 0.15) is 5.54 Å². The summed E-state index contributed by atoms with van der Waals surface area (Å²) in [5, 5.41) is 12.8. The molecule has 1 aromatic carbocycles. The summed E-state index contributed by atoms with van der Waals surface area (Å²) in [7, 11) is 0. The van der Waals surface area contributed by atoms with Crippen molar-refractivity contribution in [1.29, 1.82) is 0 Å². The summed E-state index contributed by atoms with van der Waals surface area (Å²) in [6, 6.07) is 7.92. The van der Waals surface area contributed by atoms with E-state index in [0.717, 1.165) is 24.1 Å². The average molecular weight is 247 g/mol. The van der Waals surface area contributed by atoms with Gasteiger partial charge in [-0.15, -0.1) is 0 Å². The Hall–Kier alpha value is -1.51. The Kier molecular flexibility index (Phi) is 3.60. The monoisotopic (exact) mass is 247 g/mol. The first kappa shape index (κ1) is 12.9. The quantitative estimate of drug-likeness (QED) is 0.860. The van der Waals surface area contributed by atoms with Gasteiger partial charge in [-0.05, 0) is 43.4 Å². The van der Waals surface area contributed by atoms with Crippen molar-refractivity contribution in [2.45, 2.75) is 45.1 Å². The van der Waals surface area contributed by atoms with Gasteiger partial charge in [0.25, 0.3) is 0 Å². The van der Waals surface area contributed by atoms with Crippen LogP contribution in [-0.4, -0.2) is 16.6 Å². The van der Waals surface area contributed by atoms with Gasteiger partial charge in [0.2, 0.25) is 0 Å². The second kappa shape index (κ2) is 5.01. The van der Waals surface area contributed by atoms with E-state index in [4.69, 9.17) is 0 Å². The minimum Gasteiger partial charge on any atom is -0.480 e. The van der Waals surface area contributed by atoms with Crippen LogP contribution in [0.15, 0.2) is 24.3 Å². The number of benzene rings is 1. The average Bonchev–Trinajstić information content (AvgIpc) is 2.28. The maximum absolute atomic E-state index is 11.6. The molecular formula is C15H21NO2. The molecule has 1 aliphatic carbocycles. The lowest BCUT2D eigenvalue weighted by Crippen LogP contribution is -2.49. The number of carboxylic acid groups (broad SMARTS) is 1. The number of hydrogen-bond donors (Lipinski definition) is 2. The first-order valence-corrected chi connectivity index (χ1v) is 6.60. The summed E-state index contributed by atoms with van der Waals surface area (Å²) in [5.41, 5.74) is 1.27. The Bertz CT molecular complexity index is 444. The highest BCUT2D eigenvalue weighted by Gasteiger charge is 2.41. The largest absolute Gasteiger partial charge is 0.480 e. The molecule has 1 saturated carbocycles. The molecule has 0 heterocycles. The Morgan fingerprint density at radius 1 is 1.50 bits per heavy atom. The van der Waals surface area contributed by atoms with Crippen LogP contribution in [0.2, 0.25) is 0 Å². The van der Waals surface area contributed by atoms with Crippen LogP contribution < -0.4 is 5.32 Å². The number of rotatable bonds is 3. The molecular weight excluding hydrogens is 226 g/mol. The van der Waals surface area contributed by atoms with Crippen LogP contribution in [0, 0.1) is 12.8 Å². The van der Waals surface area contributed by atoms with Crippen LogP contribution >= 0.6 is 0 Å². The van der Waals surface area contributed by atoms with Crippen molar-refractivity contribution in [1.82, 2.24) is 0 Å². The van der Waals surface area contributed by atoms with Crippen LogP contribution in [0.1, 0.15) is 38.2 Å². The number of carboxylic acids is 1. The molecule has 3 heteroatoms. The predicted octanol–water partition coefficient (Wildman–Crippen LogP) is 3.44. The van der Waals surface area contributed by atoms with Crippen molar-refractivity contribution in [2.24, 2.45) is 5.92 Å². The lowest BCUT2D eigenvalue weighted by Gasteiger charge is -2.38. The second-order valence-electron chi connectivity index (χ2n) is 5.58. The van der Waals surface area contributed by atoms with Gasteiger partial charge < -0.3 is 10.4 Å². The molecule has 0 bridgehead atoms. The summed E-state index contributed by atoms with van der Waals surface area (Å²) in [6.45, 7) is 4.15. The van der Waals surface area contributed by atoms with Gasteiger partial charge in [-0.3, -0.25) is 0 Å². The van der Waals surface area contributed by atoms with Crippen LogP contribution in [0.5, 0.6) is 0 Å². The van der Waals surface area contributed by atoms with Crippen molar-refractivity contribution < 1.29 is 9.90 Å². The fraction of sp³-hybridized carbons (Fsp3) is 0.533. The highest BCUT2D eigenvalue weighted by atomic mass is 16.4. The zero-order valence-electron chi connectivity index (χ0n) is 11.1. The number of nitrogens with one attached hydrogen (secondary N) is 1. The highest BCUT2D eigenvalue weighted by molar-refractivity contribution is 5.83. The number of hydrogen-bond acceptors (Lipinski definition) is 2. The minimum atomic E-state index is -0.786. The first-order chi connectivity index (χ1) is 8.52. The summed E-state index contributed by atoms with van der Waals surface area (Å²) >= 11 is 0. The number of aliphatic carboxylic acids is 1. The van der Waals surface area contributed by atoms with Crippen molar-refractivity contribution in [3.05, 3.63) is 29.8 Å². The fourth-order valence-electron chi connectivity index (χ4n) is 2.91. The van der Waals surface area contributed by atoms with Gasteiger partial charge >= 0.3 is 5.97 Å². The van der Waals surface area contributed by atoms with Crippen LogP contribution in [0.25, 0.3) is 0 Å². The molecule has 0 radical (unpaired) electrons. The lowest BCUT2D eigenvalue weighted by molar-refractivity contribution is -0.144. The molecule has 18 heavy (non-hydrogen) atoms. The molecule has 0 amide bonds. The topological polar surface area (TPSA) is 49.3 Å². The predicted molar refractivity (Wildman–Crippen MR) is 72.8 cm³/mol. The second-order valence-corrected chi connectivity index (χ2v) is 5.58. The summed E-state index contributed by atoms with van der Waals surface area (Å²) in [4.78, 5) is 11.6. The molecule has 3 nitrogen and oxygen atoms in total. The molecule has 2 N–H and O–H groups in total. The smallest absolute Gasteiger partial charge is 0.329 e. The SMILES string of the molecule is Cc1cccc(NC2(C(=O)O)CCCC(C)C2)c1. The fourth-order valence-corrected chi connectivity index (χ4v) is 2.91. The molecule has 1 aliphatic rings. The normalized spacial score (nSPS) is 27.8. The highest BCUT2D eigenvalue weighted by Crippen LogP contribution is 2.35. The third kappa shape index (κ3) is 2.66. The van der Waals surface area contributed by atoms with Crippen molar-refractivity contribution in [3.63, 3.8) is 0 Å². The van der Waals surface area contributed by atoms with Crippen LogP contribution in [-0.2, 0) is 4.79 Å². The zero-order chi connectivity index (χ0) is 13.2. The minimum absolute atomic E-state index is 0.465. The Labute approximate surface area is 108 Å². The molecule has 0 aliphatic heterocycles. The number of anilines is 1. The third-order valence-corrected chi connectivity index (χ3v) is 3.81. The van der Waals surface area contributed by atoms with E-state index in [0.29, 0.717) is 18.8 Å². The van der Waals surface area contributed by atoms with E-state index < -0.39 is 11.5 Å². The standard InChI is InChI=1S/C15H21NO2/c1-11-5-3-7-13(9-11)16-15(14(17)18)8-4-6-12(2)10-15/h3,5,7,9,12,16H,4,6,8,10H2,1-2H3,(H,17,18). The van der Waals surface area contributed by atoms with E-state index in [1.807, 2.05) is 31.2 Å². The third-order valence-electron chi connectivity index (χ3n) is 3.81. The van der Waals surface area contributed by atoms with Gasteiger partial charge in [0.15, 0.2) is 0 Å². The molecule has 2 atom stereocenters. The van der Waals surface area contributed by atoms with Gasteiger partial charge in [0, 0.05) is 5.69 Å². The van der Waals surface area contributed by atoms with Crippen molar-refractivity contribution in [2.75, 3.05) is 5.32 Å². The number of aryl methyl sites for hydroxylation is 1. The zero-order valence-corrected chi connectivity index (χ0v) is 11.1. The van der Waals surface area contributed by atoms with Gasteiger partial charge in [-0.1, -0.05) is 31.9 Å². The summed E-state index contributed by atoms with van der Waals surface area (Å²) in [5.74, 6) is -0.261. The van der Waals surface area contributed by atoms with Crippen LogP contribution in [0.4, 0.5) is 5.69 Å². The molecule has 98 valence electrons. The first-order valence-electron chi connectivity index (χ1n) is 6.60. The maximum Gasteiger partial charge on any atom is 0.329 e. The number of carbonyl (C=O) groups is 1. The van der Waals surface area contributed by atoms with Gasteiger partial charge in [0.05, 0.1) is 0 Å².